The Morgan fingerprint density at radius 2 is 1.83 bits per heavy atom. The van der Waals surface area contributed by atoms with Crippen molar-refractivity contribution >= 4 is 35.5 Å². The summed E-state index contributed by atoms with van der Waals surface area (Å²) in [5.74, 6) is -0.248. The molecule has 7 nitrogen and oxygen atoms in total. The number of carbonyl (C=O) groups is 3. The van der Waals surface area contributed by atoms with Gasteiger partial charge in [-0.1, -0.05) is 31.2 Å². The highest BCUT2D eigenvalue weighted by Crippen LogP contribution is 2.20. The van der Waals surface area contributed by atoms with Crippen molar-refractivity contribution in [2.75, 3.05) is 33.4 Å². The van der Waals surface area contributed by atoms with Gasteiger partial charge in [-0.3, -0.25) is 9.59 Å². The number of likely N-dealkylation sites (N-methyl/N-ethyl adjacent to an activating group) is 1. The Morgan fingerprint density at radius 1 is 1.17 bits per heavy atom. The molecule has 0 aliphatic carbocycles. The van der Waals surface area contributed by atoms with Crippen molar-refractivity contribution in [1.82, 2.24) is 10.2 Å². The molecule has 0 unspecified atom stereocenters. The largest absolute Gasteiger partial charge is 0.444 e. The summed E-state index contributed by atoms with van der Waals surface area (Å²) in [7, 11) is 1.66. The molecule has 0 spiro atoms. The zero-order valence-electron chi connectivity index (χ0n) is 18.4. The number of ether oxygens (including phenoxy) is 2. The highest BCUT2D eigenvalue weighted by Gasteiger charge is 2.16. The third kappa shape index (κ3) is 10.5. The van der Waals surface area contributed by atoms with Gasteiger partial charge in [-0.05, 0) is 56.2 Å². The summed E-state index contributed by atoms with van der Waals surface area (Å²) in [6.45, 7) is 8.74. The molecule has 0 aromatic heterocycles. The lowest BCUT2D eigenvalue weighted by Crippen LogP contribution is -2.35. The van der Waals surface area contributed by atoms with Gasteiger partial charge in [-0.25, -0.2) is 4.79 Å². The first-order valence-electron chi connectivity index (χ1n) is 9.87. The molecule has 0 saturated carbocycles. The topological polar surface area (TPSA) is 84.9 Å². The standard InChI is InChI=1S/C22H32N2O5S/c1-6-17-7-9-18(10-8-17)15-19(30-16-25)20(26)24(5)12-14-28-13-11-23-21(27)29-22(2,3)4/h7-10,15-16H,6,11-14H2,1-5H3,(H,23,27)/b19-15-. The van der Waals surface area contributed by atoms with Crippen LogP contribution in [-0.4, -0.2) is 61.5 Å². The van der Waals surface area contributed by atoms with Crippen molar-refractivity contribution in [3.63, 3.8) is 0 Å². The van der Waals surface area contributed by atoms with Crippen LogP contribution >= 0.6 is 11.8 Å². The minimum atomic E-state index is -0.545. The molecule has 1 aromatic carbocycles. The lowest BCUT2D eigenvalue weighted by molar-refractivity contribution is -0.125. The van der Waals surface area contributed by atoms with Crippen LogP contribution in [0.4, 0.5) is 4.79 Å². The van der Waals surface area contributed by atoms with E-state index in [2.05, 4.69) is 12.2 Å². The first kappa shape index (κ1) is 25.7. The first-order chi connectivity index (χ1) is 14.2. The summed E-state index contributed by atoms with van der Waals surface area (Å²) in [5, 5.41) is 2.60. The van der Waals surface area contributed by atoms with E-state index >= 15 is 0 Å². The van der Waals surface area contributed by atoms with Crippen molar-refractivity contribution < 1.29 is 23.9 Å². The Morgan fingerprint density at radius 3 is 2.40 bits per heavy atom. The molecule has 2 amide bonds. The van der Waals surface area contributed by atoms with Gasteiger partial charge in [-0.15, -0.1) is 0 Å². The van der Waals surface area contributed by atoms with Gasteiger partial charge >= 0.3 is 6.09 Å². The molecular formula is C22H32N2O5S. The number of carbonyl (C=O) groups excluding carboxylic acids is 3. The number of nitrogens with one attached hydrogen (secondary N) is 1. The smallest absolute Gasteiger partial charge is 0.407 e. The van der Waals surface area contributed by atoms with Crippen LogP contribution in [0.25, 0.3) is 6.08 Å². The zero-order chi connectivity index (χ0) is 22.6. The maximum atomic E-state index is 12.7. The van der Waals surface area contributed by atoms with Crippen molar-refractivity contribution in [3.05, 3.63) is 40.3 Å². The van der Waals surface area contributed by atoms with E-state index in [9.17, 15) is 14.4 Å². The monoisotopic (exact) mass is 436 g/mol. The molecule has 0 atom stereocenters. The Labute approximate surface area is 183 Å². The summed E-state index contributed by atoms with van der Waals surface area (Å²) in [6, 6.07) is 7.86. The van der Waals surface area contributed by atoms with E-state index in [0.717, 1.165) is 23.7 Å². The molecule has 0 fully saturated rings. The van der Waals surface area contributed by atoms with E-state index in [1.807, 2.05) is 24.3 Å². The summed E-state index contributed by atoms with van der Waals surface area (Å²) in [6.07, 6.45) is 2.16. The maximum Gasteiger partial charge on any atom is 0.407 e. The SMILES string of the molecule is CCc1ccc(/C=C(\SC=O)C(=O)N(C)CCOCCNC(=O)OC(C)(C)C)cc1. The number of rotatable bonds is 11. The fourth-order valence-electron chi connectivity index (χ4n) is 2.33. The molecule has 0 saturated heterocycles. The summed E-state index contributed by atoms with van der Waals surface area (Å²) in [5.41, 5.74) is 2.18. The lowest BCUT2D eigenvalue weighted by atomic mass is 10.1. The van der Waals surface area contributed by atoms with Gasteiger partial charge in [-0.2, -0.15) is 0 Å². The average Bonchev–Trinajstić information content (AvgIpc) is 2.68. The third-order valence-corrected chi connectivity index (χ3v) is 4.55. The van der Waals surface area contributed by atoms with E-state index in [1.165, 1.54) is 10.5 Å². The van der Waals surface area contributed by atoms with E-state index in [4.69, 9.17) is 9.47 Å². The van der Waals surface area contributed by atoms with Crippen molar-refractivity contribution in [2.45, 2.75) is 39.7 Å². The molecular weight excluding hydrogens is 404 g/mol. The molecule has 0 radical (unpaired) electrons. The summed E-state index contributed by atoms with van der Waals surface area (Å²) < 4.78 is 10.6. The fraction of sp³-hybridized carbons (Fsp3) is 0.500. The van der Waals surface area contributed by atoms with Crippen LogP contribution in [0.1, 0.15) is 38.8 Å². The molecule has 0 aliphatic rings. The number of benzene rings is 1. The number of alkyl carbamates (subject to hydrolysis) is 1. The molecule has 1 rings (SSSR count). The van der Waals surface area contributed by atoms with Crippen LogP contribution < -0.4 is 5.32 Å². The lowest BCUT2D eigenvalue weighted by Gasteiger charge is -2.20. The van der Waals surface area contributed by atoms with Crippen LogP contribution in [0, 0.1) is 0 Å². The highest BCUT2D eigenvalue weighted by atomic mass is 32.2. The molecule has 1 aromatic rings. The second-order valence-corrected chi connectivity index (χ2v) is 8.45. The highest BCUT2D eigenvalue weighted by molar-refractivity contribution is 8.16. The van der Waals surface area contributed by atoms with E-state index < -0.39 is 11.7 Å². The number of amides is 2. The van der Waals surface area contributed by atoms with Crippen LogP contribution in [0.5, 0.6) is 0 Å². The molecule has 0 aliphatic heterocycles. The van der Waals surface area contributed by atoms with Gasteiger partial charge in [0.05, 0.1) is 18.1 Å². The number of hydrogen-bond acceptors (Lipinski definition) is 6. The van der Waals surface area contributed by atoms with Crippen molar-refractivity contribution in [3.8, 4) is 0 Å². The van der Waals surface area contributed by atoms with Crippen molar-refractivity contribution in [2.24, 2.45) is 0 Å². The second-order valence-electron chi connectivity index (χ2n) is 7.59. The van der Waals surface area contributed by atoms with Crippen LogP contribution in [0.3, 0.4) is 0 Å². The second kappa shape index (κ2) is 13.1. The number of aryl methyl sites for hydroxylation is 1. The first-order valence-corrected chi connectivity index (χ1v) is 10.7. The van der Waals surface area contributed by atoms with Crippen LogP contribution in [-0.2, 0) is 25.5 Å². The van der Waals surface area contributed by atoms with Crippen molar-refractivity contribution in [1.29, 1.82) is 0 Å². The number of hydrogen-bond donors (Lipinski definition) is 1. The van der Waals surface area contributed by atoms with Crippen LogP contribution in [0.2, 0.25) is 0 Å². The van der Waals surface area contributed by atoms with E-state index in [1.54, 1.807) is 33.9 Å². The number of thioether (sulfide) groups is 1. The van der Waals surface area contributed by atoms with E-state index in [-0.39, 0.29) is 5.91 Å². The molecule has 30 heavy (non-hydrogen) atoms. The van der Waals surface area contributed by atoms with Gasteiger partial charge < -0.3 is 19.7 Å². The predicted molar refractivity (Wildman–Crippen MR) is 121 cm³/mol. The van der Waals surface area contributed by atoms with Gasteiger partial charge in [0.15, 0.2) is 5.62 Å². The minimum Gasteiger partial charge on any atom is -0.444 e. The Hall–Kier alpha value is -2.32. The van der Waals surface area contributed by atoms with Crippen LogP contribution in [0.15, 0.2) is 29.2 Å². The average molecular weight is 437 g/mol. The fourth-order valence-corrected chi connectivity index (χ4v) is 2.90. The maximum absolute atomic E-state index is 12.7. The minimum absolute atomic E-state index is 0.248. The third-order valence-electron chi connectivity index (χ3n) is 3.90. The molecule has 8 heteroatoms. The van der Waals surface area contributed by atoms with Gasteiger partial charge in [0.25, 0.3) is 5.91 Å². The van der Waals surface area contributed by atoms with Gasteiger partial charge in [0.2, 0.25) is 0 Å². The van der Waals surface area contributed by atoms with E-state index in [0.29, 0.717) is 36.8 Å². The van der Waals surface area contributed by atoms with Gasteiger partial charge in [0.1, 0.15) is 5.60 Å². The molecule has 1 N–H and O–H groups in total. The Bertz CT molecular complexity index is 726. The molecule has 0 bridgehead atoms. The summed E-state index contributed by atoms with van der Waals surface area (Å²) >= 11 is 0.860. The zero-order valence-corrected chi connectivity index (χ0v) is 19.2. The summed E-state index contributed by atoms with van der Waals surface area (Å²) in [4.78, 5) is 37.0. The van der Waals surface area contributed by atoms with Gasteiger partial charge in [0, 0.05) is 20.1 Å². The quantitative estimate of drug-likeness (QED) is 0.325. The number of nitrogens with zero attached hydrogens (tertiary/aromatic N) is 1. The predicted octanol–water partition coefficient (Wildman–Crippen LogP) is 3.51. The Balaban J connectivity index is 2.45. The molecule has 166 valence electrons. The normalized spacial score (nSPS) is 11.7. The molecule has 0 heterocycles. The Kier molecular flexibility index (Phi) is 11.2.